The van der Waals surface area contributed by atoms with Gasteiger partial charge >= 0.3 is 0 Å². The molecule has 12 heavy (non-hydrogen) atoms. The lowest BCUT2D eigenvalue weighted by Crippen LogP contribution is -1.79. The van der Waals surface area contributed by atoms with Gasteiger partial charge in [-0.25, -0.2) is 0 Å². The minimum atomic E-state index is 0.266. The van der Waals surface area contributed by atoms with Gasteiger partial charge < -0.3 is 5.11 Å². The van der Waals surface area contributed by atoms with Crippen molar-refractivity contribution in [1.29, 1.82) is 5.26 Å². The monoisotopic (exact) mass is 223 g/mol. The molecule has 0 spiro atoms. The average Bonchev–Trinajstić information content (AvgIpc) is 2.10. The van der Waals surface area contributed by atoms with E-state index in [4.69, 9.17) is 10.4 Å². The topological polar surface area (TPSA) is 44.0 Å². The summed E-state index contributed by atoms with van der Waals surface area (Å²) in [5.41, 5.74) is 0.978. The molecule has 0 aliphatic rings. The van der Waals surface area contributed by atoms with Crippen molar-refractivity contribution in [3.8, 4) is 6.07 Å². The van der Waals surface area contributed by atoms with Crippen molar-refractivity contribution in [1.82, 2.24) is 0 Å². The van der Waals surface area contributed by atoms with Gasteiger partial charge in [-0.3, -0.25) is 0 Å². The van der Waals surface area contributed by atoms with Crippen LogP contribution in [0.5, 0.6) is 0 Å². The van der Waals surface area contributed by atoms with E-state index in [2.05, 4.69) is 15.9 Å². The maximum Gasteiger partial charge on any atom is 0.103 e. The van der Waals surface area contributed by atoms with E-state index in [1.54, 1.807) is 12.1 Å². The van der Waals surface area contributed by atoms with E-state index in [0.29, 0.717) is 5.56 Å². The van der Waals surface area contributed by atoms with Gasteiger partial charge in [-0.05, 0) is 17.7 Å². The van der Waals surface area contributed by atoms with Crippen LogP contribution in [-0.4, -0.2) is 5.11 Å². The first-order chi connectivity index (χ1) is 5.77. The quantitative estimate of drug-likeness (QED) is 0.588. The Morgan fingerprint density at radius 3 is 2.42 bits per heavy atom. The number of halogens is 1. The van der Waals surface area contributed by atoms with Crippen LogP contribution >= 0.6 is 15.9 Å². The summed E-state index contributed by atoms with van der Waals surface area (Å²) in [6, 6.07) is 9.03. The van der Waals surface area contributed by atoms with E-state index in [1.165, 1.54) is 0 Å². The third-order valence-electron chi connectivity index (χ3n) is 1.40. The van der Waals surface area contributed by atoms with Crippen molar-refractivity contribution in [3.05, 3.63) is 40.6 Å². The van der Waals surface area contributed by atoms with Crippen molar-refractivity contribution in [2.24, 2.45) is 0 Å². The standard InChI is InChI=1S/C9H6BrNO/c10-9-3-1-7(2-4-9)8(5-11)6-12/h1-4,6,12H. The largest absolute Gasteiger partial charge is 0.514 e. The molecule has 0 aliphatic carbocycles. The lowest BCUT2D eigenvalue weighted by Gasteiger charge is -1.96. The fourth-order valence-electron chi connectivity index (χ4n) is 0.797. The zero-order valence-electron chi connectivity index (χ0n) is 6.16. The molecule has 1 rings (SSSR count). The minimum Gasteiger partial charge on any atom is -0.514 e. The van der Waals surface area contributed by atoms with Crippen LogP contribution in [-0.2, 0) is 0 Å². The molecular weight excluding hydrogens is 218 g/mol. The second-order valence-electron chi connectivity index (χ2n) is 2.16. The number of nitrogens with zero attached hydrogens (tertiary/aromatic N) is 1. The molecule has 60 valence electrons. The van der Waals surface area contributed by atoms with Gasteiger partial charge in [-0.1, -0.05) is 28.1 Å². The fraction of sp³-hybridized carbons (Fsp3) is 0. The first kappa shape index (κ1) is 8.82. The second-order valence-corrected chi connectivity index (χ2v) is 3.08. The van der Waals surface area contributed by atoms with Crippen molar-refractivity contribution in [2.45, 2.75) is 0 Å². The molecule has 0 aromatic heterocycles. The average molecular weight is 224 g/mol. The van der Waals surface area contributed by atoms with E-state index in [9.17, 15) is 0 Å². The predicted octanol–water partition coefficient (Wildman–Crippen LogP) is 2.87. The molecule has 2 nitrogen and oxygen atoms in total. The number of nitriles is 1. The Balaban J connectivity index is 3.06. The Morgan fingerprint density at radius 1 is 1.42 bits per heavy atom. The normalized spacial score (nSPS) is 10.8. The van der Waals surface area contributed by atoms with Gasteiger partial charge in [0.15, 0.2) is 0 Å². The Kier molecular flexibility index (Phi) is 2.89. The van der Waals surface area contributed by atoms with Crippen LogP contribution in [0.1, 0.15) is 5.56 Å². The van der Waals surface area contributed by atoms with Crippen LogP contribution in [0.4, 0.5) is 0 Å². The van der Waals surface area contributed by atoms with Gasteiger partial charge in [0, 0.05) is 4.47 Å². The van der Waals surface area contributed by atoms with Crippen LogP contribution in [0.15, 0.2) is 35.0 Å². The van der Waals surface area contributed by atoms with Gasteiger partial charge in [-0.15, -0.1) is 0 Å². The molecule has 0 atom stereocenters. The van der Waals surface area contributed by atoms with E-state index >= 15 is 0 Å². The smallest absolute Gasteiger partial charge is 0.103 e. The third kappa shape index (κ3) is 1.86. The van der Waals surface area contributed by atoms with Crippen molar-refractivity contribution in [3.63, 3.8) is 0 Å². The highest BCUT2D eigenvalue weighted by Gasteiger charge is 1.98. The van der Waals surface area contributed by atoms with E-state index in [0.717, 1.165) is 10.7 Å². The zero-order chi connectivity index (χ0) is 8.97. The summed E-state index contributed by atoms with van der Waals surface area (Å²) in [5.74, 6) is 0. The molecule has 0 fully saturated rings. The Morgan fingerprint density at radius 2 is 2.00 bits per heavy atom. The van der Waals surface area contributed by atoms with E-state index < -0.39 is 0 Å². The molecule has 0 radical (unpaired) electrons. The van der Waals surface area contributed by atoms with Crippen LogP contribution in [0, 0.1) is 11.3 Å². The lowest BCUT2D eigenvalue weighted by atomic mass is 10.1. The van der Waals surface area contributed by atoms with E-state index in [1.807, 2.05) is 18.2 Å². The highest BCUT2D eigenvalue weighted by atomic mass is 79.9. The number of allylic oxidation sites excluding steroid dienone is 1. The second kappa shape index (κ2) is 3.93. The summed E-state index contributed by atoms with van der Waals surface area (Å²) >= 11 is 3.27. The third-order valence-corrected chi connectivity index (χ3v) is 1.93. The maximum atomic E-state index is 8.65. The molecule has 3 heteroatoms. The summed E-state index contributed by atoms with van der Waals surface area (Å²) in [4.78, 5) is 0. The molecule has 1 aromatic rings. The predicted molar refractivity (Wildman–Crippen MR) is 50.4 cm³/mol. The van der Waals surface area contributed by atoms with Gasteiger partial charge in [0.1, 0.15) is 6.07 Å². The van der Waals surface area contributed by atoms with Crippen molar-refractivity contribution in [2.75, 3.05) is 0 Å². The maximum absolute atomic E-state index is 8.65. The molecule has 0 saturated heterocycles. The minimum absolute atomic E-state index is 0.266. The highest BCUT2D eigenvalue weighted by Crippen LogP contribution is 2.16. The van der Waals surface area contributed by atoms with Crippen molar-refractivity contribution >= 4 is 21.5 Å². The van der Waals surface area contributed by atoms with Gasteiger partial charge in [0.05, 0.1) is 11.8 Å². The summed E-state index contributed by atoms with van der Waals surface area (Å²) in [5, 5.41) is 17.2. The zero-order valence-corrected chi connectivity index (χ0v) is 7.75. The number of hydrogen-bond donors (Lipinski definition) is 1. The molecule has 0 unspecified atom stereocenters. The number of aliphatic hydroxyl groups is 1. The molecule has 0 saturated carbocycles. The summed E-state index contributed by atoms with van der Waals surface area (Å²) in [6.07, 6.45) is 0.809. The molecular formula is C9H6BrNO. The first-order valence-corrected chi connectivity index (χ1v) is 4.07. The molecule has 0 bridgehead atoms. The van der Waals surface area contributed by atoms with Crippen LogP contribution in [0.25, 0.3) is 5.57 Å². The van der Waals surface area contributed by atoms with Crippen LogP contribution in [0.3, 0.4) is 0 Å². The van der Waals surface area contributed by atoms with Crippen LogP contribution in [0.2, 0.25) is 0 Å². The fourth-order valence-corrected chi connectivity index (χ4v) is 1.06. The first-order valence-electron chi connectivity index (χ1n) is 3.28. The summed E-state index contributed by atoms with van der Waals surface area (Å²) in [6.45, 7) is 0. The van der Waals surface area contributed by atoms with Gasteiger partial charge in [-0.2, -0.15) is 5.26 Å². The molecule has 0 amide bonds. The number of rotatable bonds is 1. The molecule has 0 aliphatic heterocycles. The highest BCUT2D eigenvalue weighted by molar-refractivity contribution is 9.10. The number of aliphatic hydroxyl groups excluding tert-OH is 1. The summed E-state index contributed by atoms with van der Waals surface area (Å²) < 4.78 is 0.946. The van der Waals surface area contributed by atoms with Gasteiger partial charge in [0.25, 0.3) is 0 Å². The molecule has 1 aromatic carbocycles. The van der Waals surface area contributed by atoms with Crippen molar-refractivity contribution < 1.29 is 5.11 Å². The van der Waals surface area contributed by atoms with Crippen LogP contribution < -0.4 is 0 Å². The van der Waals surface area contributed by atoms with Gasteiger partial charge in [0.2, 0.25) is 0 Å². The summed E-state index contributed by atoms with van der Waals surface area (Å²) in [7, 11) is 0. The lowest BCUT2D eigenvalue weighted by molar-refractivity contribution is 0.476. The van der Waals surface area contributed by atoms with E-state index in [-0.39, 0.29) is 5.57 Å². The molecule has 1 N–H and O–H groups in total. The Hall–Kier alpha value is -1.27. The number of benzene rings is 1. The Bertz CT molecular complexity index is 335. The number of hydrogen-bond acceptors (Lipinski definition) is 2. The SMILES string of the molecule is N#CC(=CO)c1ccc(Br)cc1. The Labute approximate surface area is 78.9 Å². The molecule has 0 heterocycles.